The lowest BCUT2D eigenvalue weighted by atomic mass is 9.95. The van der Waals surface area contributed by atoms with Gasteiger partial charge < -0.3 is 9.73 Å². The van der Waals surface area contributed by atoms with E-state index in [4.69, 9.17) is 14.4 Å². The smallest absolute Gasteiger partial charge is 0.159 e. The quantitative estimate of drug-likeness (QED) is 0.185. The molecule has 0 saturated heterocycles. The van der Waals surface area contributed by atoms with Gasteiger partial charge in [0.2, 0.25) is 0 Å². The molecule has 0 spiro atoms. The molecule has 1 unspecified atom stereocenters. The molecular formula is C51H33N3OS. The van der Waals surface area contributed by atoms with E-state index in [1.807, 2.05) is 47.7 Å². The highest BCUT2D eigenvalue weighted by atomic mass is 32.1. The van der Waals surface area contributed by atoms with Gasteiger partial charge in [-0.05, 0) is 63.7 Å². The Morgan fingerprint density at radius 2 is 1.11 bits per heavy atom. The number of para-hydroxylation sites is 2. The lowest BCUT2D eigenvalue weighted by Gasteiger charge is -2.24. The zero-order chi connectivity index (χ0) is 37.0. The maximum Gasteiger partial charge on any atom is 0.159 e. The number of nitrogens with one attached hydrogen (secondary N) is 1. The Kier molecular flexibility index (Phi) is 7.71. The van der Waals surface area contributed by atoms with Crippen molar-refractivity contribution in [3.05, 3.63) is 205 Å². The average molecular weight is 736 g/mol. The van der Waals surface area contributed by atoms with Crippen molar-refractivity contribution in [2.24, 2.45) is 9.98 Å². The van der Waals surface area contributed by atoms with Gasteiger partial charge in [-0.3, -0.25) is 0 Å². The fourth-order valence-electron chi connectivity index (χ4n) is 8.02. The number of hydrogen-bond donors (Lipinski definition) is 1. The molecule has 1 atom stereocenters. The van der Waals surface area contributed by atoms with Crippen LogP contribution in [0.15, 0.2) is 202 Å². The van der Waals surface area contributed by atoms with Gasteiger partial charge in [0.15, 0.2) is 12.0 Å². The Balaban J connectivity index is 0.971. The molecule has 264 valence electrons. The predicted octanol–water partition coefficient (Wildman–Crippen LogP) is 13.5. The van der Waals surface area contributed by atoms with Crippen molar-refractivity contribution >= 4 is 65.1 Å². The van der Waals surface area contributed by atoms with E-state index in [2.05, 4.69) is 157 Å². The van der Waals surface area contributed by atoms with Crippen LogP contribution >= 0.6 is 11.3 Å². The second kappa shape index (κ2) is 13.3. The van der Waals surface area contributed by atoms with Crippen LogP contribution in [0, 0.1) is 0 Å². The summed E-state index contributed by atoms with van der Waals surface area (Å²) in [5.41, 5.74) is 11.9. The molecule has 1 N–H and O–H groups in total. The van der Waals surface area contributed by atoms with E-state index in [1.54, 1.807) is 0 Å². The molecule has 0 fully saturated rings. The van der Waals surface area contributed by atoms with Crippen LogP contribution < -0.4 is 5.32 Å². The number of nitrogens with zero attached hydrogens (tertiary/aromatic N) is 2. The second-order valence-corrected chi connectivity index (χ2v) is 15.2. The van der Waals surface area contributed by atoms with Crippen LogP contribution in [0.2, 0.25) is 0 Å². The normalized spacial score (nSPS) is 14.2. The first-order valence-corrected chi connectivity index (χ1v) is 19.7. The zero-order valence-corrected chi connectivity index (χ0v) is 31.0. The molecule has 4 nitrogen and oxygen atoms in total. The van der Waals surface area contributed by atoms with Gasteiger partial charge in [0.25, 0.3) is 0 Å². The van der Waals surface area contributed by atoms with Crippen LogP contribution in [0.4, 0.5) is 0 Å². The molecule has 0 amide bonds. The molecule has 0 saturated carbocycles. The van der Waals surface area contributed by atoms with Crippen LogP contribution in [0.25, 0.3) is 75.5 Å². The van der Waals surface area contributed by atoms with Crippen molar-refractivity contribution in [2.45, 2.75) is 6.17 Å². The number of thiophene rings is 1. The molecule has 1 aliphatic rings. The van der Waals surface area contributed by atoms with E-state index < -0.39 is 6.17 Å². The van der Waals surface area contributed by atoms with Crippen LogP contribution in [-0.2, 0) is 0 Å². The predicted molar refractivity (Wildman–Crippen MR) is 235 cm³/mol. The highest BCUT2D eigenvalue weighted by molar-refractivity contribution is 7.26. The van der Waals surface area contributed by atoms with Crippen molar-refractivity contribution in [1.82, 2.24) is 5.32 Å². The molecule has 0 radical (unpaired) electrons. The zero-order valence-electron chi connectivity index (χ0n) is 30.2. The molecule has 56 heavy (non-hydrogen) atoms. The van der Waals surface area contributed by atoms with Crippen molar-refractivity contribution in [1.29, 1.82) is 0 Å². The van der Waals surface area contributed by atoms with Crippen LogP contribution in [-0.4, -0.2) is 11.7 Å². The van der Waals surface area contributed by atoms with Gasteiger partial charge >= 0.3 is 0 Å². The first kappa shape index (κ1) is 32.4. The third kappa shape index (κ3) is 5.60. The van der Waals surface area contributed by atoms with Gasteiger partial charge in [-0.25, -0.2) is 9.98 Å². The lowest BCUT2D eigenvalue weighted by molar-refractivity contribution is 0.628. The second-order valence-electron chi connectivity index (χ2n) is 14.2. The summed E-state index contributed by atoms with van der Waals surface area (Å²) >= 11 is 1.85. The summed E-state index contributed by atoms with van der Waals surface area (Å²) in [6.07, 6.45) is -0.393. The highest BCUT2D eigenvalue weighted by Gasteiger charge is 2.25. The van der Waals surface area contributed by atoms with Gasteiger partial charge in [0, 0.05) is 47.6 Å². The average Bonchev–Trinajstić information content (AvgIpc) is 3.85. The molecule has 11 rings (SSSR count). The van der Waals surface area contributed by atoms with Gasteiger partial charge in [-0.15, -0.1) is 11.3 Å². The first-order chi connectivity index (χ1) is 27.7. The summed E-state index contributed by atoms with van der Waals surface area (Å²) < 4.78 is 9.01. The third-order valence-electron chi connectivity index (χ3n) is 10.8. The Labute approximate surface area is 327 Å². The summed E-state index contributed by atoms with van der Waals surface area (Å²) in [6, 6.07) is 66.4. The number of furan rings is 1. The Bertz CT molecular complexity index is 3160. The van der Waals surface area contributed by atoms with Crippen LogP contribution in [0.5, 0.6) is 0 Å². The first-order valence-electron chi connectivity index (χ1n) is 18.8. The van der Waals surface area contributed by atoms with E-state index in [0.717, 1.165) is 50.0 Å². The van der Waals surface area contributed by atoms with E-state index in [-0.39, 0.29) is 0 Å². The third-order valence-corrected chi connectivity index (χ3v) is 11.9. The molecule has 2 aromatic heterocycles. The summed E-state index contributed by atoms with van der Waals surface area (Å²) in [7, 11) is 0. The molecule has 5 heteroatoms. The number of rotatable bonds is 6. The Morgan fingerprint density at radius 3 is 1.95 bits per heavy atom. The lowest BCUT2D eigenvalue weighted by Crippen LogP contribution is -2.33. The summed E-state index contributed by atoms with van der Waals surface area (Å²) in [6.45, 7) is 0. The highest BCUT2D eigenvalue weighted by Crippen LogP contribution is 2.42. The Morgan fingerprint density at radius 1 is 0.464 bits per heavy atom. The minimum Gasteiger partial charge on any atom is -0.456 e. The molecule has 8 aromatic carbocycles. The van der Waals surface area contributed by atoms with Crippen molar-refractivity contribution in [3.8, 4) is 33.4 Å². The monoisotopic (exact) mass is 735 g/mol. The van der Waals surface area contributed by atoms with E-state index in [0.29, 0.717) is 5.84 Å². The van der Waals surface area contributed by atoms with Crippen molar-refractivity contribution < 1.29 is 4.42 Å². The van der Waals surface area contributed by atoms with Gasteiger partial charge in [0.1, 0.15) is 17.0 Å². The molecule has 0 bridgehead atoms. The van der Waals surface area contributed by atoms with E-state index in [1.165, 1.54) is 48.0 Å². The van der Waals surface area contributed by atoms with E-state index in [9.17, 15) is 0 Å². The van der Waals surface area contributed by atoms with Crippen molar-refractivity contribution in [3.63, 3.8) is 0 Å². The largest absolute Gasteiger partial charge is 0.456 e. The number of amidine groups is 2. The standard InChI is InChI=1S/C51H33N3OS/c1-3-12-32(13-4-1)36-16-9-17-37(30-36)38-28-29-45-43(31-38)47-39(19-11-23-46(47)56-45)33-24-26-35(27-25-33)50-52-49(34-14-5-2-6-15-34)53-51(54-50)42-21-10-20-41-40-18-7-8-22-44(40)55-48(41)42/h1-31,51H,(H,52,53,54). The maximum absolute atomic E-state index is 6.45. The minimum absolute atomic E-state index is 0.393. The minimum atomic E-state index is -0.393. The van der Waals surface area contributed by atoms with Gasteiger partial charge in [0.05, 0.1) is 0 Å². The molecule has 10 aromatic rings. The molecule has 3 heterocycles. The molecule has 0 aliphatic carbocycles. The van der Waals surface area contributed by atoms with E-state index >= 15 is 0 Å². The van der Waals surface area contributed by atoms with Crippen LogP contribution in [0.1, 0.15) is 22.9 Å². The fraction of sp³-hybridized carbons (Fsp3) is 0.0196. The topological polar surface area (TPSA) is 49.9 Å². The van der Waals surface area contributed by atoms with Crippen LogP contribution in [0.3, 0.4) is 0 Å². The Hall–Kier alpha value is -7.08. The number of fused-ring (bicyclic) bond motifs is 6. The summed E-state index contributed by atoms with van der Waals surface area (Å²) in [4.78, 5) is 10.2. The van der Waals surface area contributed by atoms with Gasteiger partial charge in [-0.1, -0.05) is 158 Å². The molecular weight excluding hydrogens is 703 g/mol. The molecule has 1 aliphatic heterocycles. The number of hydrogen-bond acceptors (Lipinski definition) is 5. The van der Waals surface area contributed by atoms with Gasteiger partial charge in [-0.2, -0.15) is 0 Å². The van der Waals surface area contributed by atoms with Crippen molar-refractivity contribution in [2.75, 3.05) is 0 Å². The SMILES string of the molecule is c1ccc(C2=NC(c3cccc4c3oc3ccccc34)NC(c3ccc(-c4cccc5sc6ccc(-c7cccc(-c8ccccc8)c7)cc6c45)cc3)=N2)cc1. The number of benzene rings is 8. The maximum atomic E-state index is 6.45. The fourth-order valence-corrected chi connectivity index (χ4v) is 9.13. The summed E-state index contributed by atoms with van der Waals surface area (Å²) in [5, 5.41) is 8.40. The number of aliphatic imine (C=N–C) groups is 2. The summed E-state index contributed by atoms with van der Waals surface area (Å²) in [5.74, 6) is 1.45.